The van der Waals surface area contributed by atoms with Gasteiger partial charge in [-0.1, -0.05) is 30.0 Å². The van der Waals surface area contributed by atoms with Crippen LogP contribution in [0.5, 0.6) is 0 Å². The van der Waals surface area contributed by atoms with E-state index in [1.807, 2.05) is 125 Å². The first-order valence-electron chi connectivity index (χ1n) is 17.8. The van der Waals surface area contributed by atoms with Crippen LogP contribution in [0.15, 0.2) is 112 Å². The standard InChI is InChI=1S/C45H39BF2N4O3/c1-26-21-28(3)49-43(26)41(44-27(2)22-29(4)52(44)46(47)48)32-14-11-30(12-15-32)9-10-31-13-18-35(45(53)54)38(23-31)42-36-19-16-33(50(5)6)24-39(36)55-40-25-34(51(7)8)17-20-37(40)42/h11-25H,1-8H3/b43-41-. The van der Waals surface area contributed by atoms with Crippen LogP contribution < -0.4 is 19.9 Å². The summed E-state index contributed by atoms with van der Waals surface area (Å²) in [6.07, 6.45) is 1.95. The lowest BCUT2D eigenvalue weighted by molar-refractivity contribution is -0.254. The quantitative estimate of drug-likeness (QED) is 0.0773. The Bertz CT molecular complexity index is 2750. The number of halogens is 2. The zero-order chi connectivity index (χ0) is 39.3. The van der Waals surface area contributed by atoms with E-state index in [0.29, 0.717) is 56.3 Å². The number of aliphatic imine (C=N–C) groups is 1. The number of rotatable bonds is 6. The highest BCUT2D eigenvalue weighted by Crippen LogP contribution is 2.42. The number of carbonyl (C=O) groups excluding carboxylic acids is 1. The summed E-state index contributed by atoms with van der Waals surface area (Å²) >= 11 is 0. The van der Waals surface area contributed by atoms with E-state index in [4.69, 9.17) is 9.41 Å². The van der Waals surface area contributed by atoms with Crippen molar-refractivity contribution in [2.24, 2.45) is 4.99 Å². The van der Waals surface area contributed by atoms with Crippen LogP contribution in [0.1, 0.15) is 57.8 Å². The number of fused-ring (bicyclic) bond motifs is 2. The van der Waals surface area contributed by atoms with Gasteiger partial charge < -0.3 is 23.7 Å². The van der Waals surface area contributed by atoms with Crippen LogP contribution in [0.25, 0.3) is 39.0 Å². The molecule has 3 aromatic carbocycles. The summed E-state index contributed by atoms with van der Waals surface area (Å²) in [6.45, 7) is 7.34. The second kappa shape index (κ2) is 14.4. The summed E-state index contributed by atoms with van der Waals surface area (Å²) in [5, 5.41) is 14.3. The first-order valence-corrected chi connectivity index (χ1v) is 17.8. The van der Waals surface area contributed by atoms with Crippen molar-refractivity contribution >= 4 is 41.3 Å². The normalized spacial score (nSPS) is 13.3. The molecule has 0 saturated heterocycles. The van der Waals surface area contributed by atoms with Crippen LogP contribution in [-0.2, 0) is 0 Å². The Morgan fingerprint density at radius 2 is 1.58 bits per heavy atom. The van der Waals surface area contributed by atoms with Gasteiger partial charge >= 0.3 is 7.40 Å². The number of carbonyl (C=O) groups is 1. The molecular formula is C45H39BF2N4O3. The van der Waals surface area contributed by atoms with Gasteiger partial charge in [-0.15, -0.1) is 0 Å². The van der Waals surface area contributed by atoms with Gasteiger partial charge in [-0.25, -0.2) is 4.58 Å². The summed E-state index contributed by atoms with van der Waals surface area (Å²) in [6, 6.07) is 25.9. The molecular weight excluding hydrogens is 693 g/mol. The van der Waals surface area contributed by atoms with Crippen LogP contribution >= 0.6 is 0 Å². The average molecular weight is 733 g/mol. The maximum atomic E-state index is 14.4. The molecule has 55 heavy (non-hydrogen) atoms. The summed E-state index contributed by atoms with van der Waals surface area (Å²) in [7, 11) is 5.07. The number of nitrogens with zero attached hydrogens (tertiary/aromatic N) is 4. The topological polar surface area (TPSA) is 76.8 Å². The number of allylic oxidation sites excluding steroid dienone is 2. The SMILES string of the molecule is CC1=CC(C)=N/C1=C(/c1ccc(C#Cc2ccc(C(=O)[O-])c(-c3c4ccc(=[N+](C)C)cc-4oc4cc(N(C)C)ccc34)c2)cc1)c1c(C)cc(C)n1B(F)F. The lowest BCUT2D eigenvalue weighted by Crippen LogP contribution is -2.23. The predicted molar refractivity (Wildman–Crippen MR) is 217 cm³/mol. The molecule has 0 bridgehead atoms. The first-order chi connectivity index (χ1) is 26.2. The number of anilines is 1. The fourth-order valence-corrected chi connectivity index (χ4v) is 7.29. The Morgan fingerprint density at radius 3 is 2.22 bits per heavy atom. The molecule has 0 unspecified atom stereocenters. The molecule has 3 heterocycles. The smallest absolute Gasteiger partial charge is 0.545 e. The summed E-state index contributed by atoms with van der Waals surface area (Å²) in [5.74, 6) is 5.74. The van der Waals surface area contributed by atoms with Crippen molar-refractivity contribution in [3.05, 3.63) is 147 Å². The third kappa shape index (κ3) is 6.90. The Kier molecular flexibility index (Phi) is 9.66. The number of aromatic carboxylic acids is 1. The molecule has 7 rings (SSSR count). The van der Waals surface area contributed by atoms with Gasteiger partial charge in [0.2, 0.25) is 5.36 Å². The molecule has 4 aromatic rings. The predicted octanol–water partition coefficient (Wildman–Crippen LogP) is 7.44. The average Bonchev–Trinajstić information content (AvgIpc) is 3.64. The molecule has 0 fully saturated rings. The largest absolute Gasteiger partial charge is 0.677 e. The van der Waals surface area contributed by atoms with Crippen molar-refractivity contribution in [3.63, 3.8) is 0 Å². The second-order valence-corrected chi connectivity index (χ2v) is 14.3. The van der Waals surface area contributed by atoms with E-state index in [1.165, 1.54) is 6.07 Å². The summed E-state index contributed by atoms with van der Waals surface area (Å²) in [5.41, 5.74) is 10.1. The highest BCUT2D eigenvalue weighted by molar-refractivity contribution is 6.41. The number of hydrogen-bond donors (Lipinski definition) is 0. The number of benzene rings is 4. The molecule has 2 aliphatic heterocycles. The molecule has 10 heteroatoms. The van der Waals surface area contributed by atoms with Crippen molar-refractivity contribution in [3.8, 4) is 34.3 Å². The van der Waals surface area contributed by atoms with Crippen molar-refractivity contribution in [1.82, 2.24) is 9.05 Å². The number of aryl methyl sites for hydroxylation is 2. The number of carboxylic acids is 1. The van der Waals surface area contributed by atoms with Gasteiger partial charge in [0.05, 0.1) is 17.7 Å². The number of hydrogen-bond acceptors (Lipinski definition) is 5. The monoisotopic (exact) mass is 732 g/mol. The van der Waals surface area contributed by atoms with E-state index in [-0.39, 0.29) is 5.56 Å². The van der Waals surface area contributed by atoms with Gasteiger partial charge in [0, 0.05) is 87.8 Å². The molecule has 0 N–H and O–H groups in total. The molecule has 0 atom stereocenters. The molecule has 0 spiro atoms. The highest BCUT2D eigenvalue weighted by Gasteiger charge is 2.29. The Balaban J connectivity index is 1.35. The Hall–Kier alpha value is -6.47. The maximum Gasteiger partial charge on any atom is 0.677 e. The van der Waals surface area contributed by atoms with E-state index in [0.717, 1.165) is 48.9 Å². The number of aromatic nitrogens is 1. The van der Waals surface area contributed by atoms with E-state index >= 15 is 0 Å². The van der Waals surface area contributed by atoms with Crippen LogP contribution in [0.3, 0.4) is 0 Å². The van der Waals surface area contributed by atoms with E-state index < -0.39 is 13.4 Å². The van der Waals surface area contributed by atoms with E-state index in [9.17, 15) is 18.5 Å². The molecule has 3 aliphatic rings. The molecule has 274 valence electrons. The van der Waals surface area contributed by atoms with Crippen LogP contribution in [0.4, 0.5) is 14.3 Å². The highest BCUT2D eigenvalue weighted by atomic mass is 19.2. The molecule has 0 amide bonds. The molecule has 0 radical (unpaired) electrons. The first kappa shape index (κ1) is 36.9. The lowest BCUT2D eigenvalue weighted by atomic mass is 9.89. The third-order valence-corrected chi connectivity index (χ3v) is 9.93. The Morgan fingerprint density at radius 1 is 0.873 bits per heavy atom. The molecule has 7 nitrogen and oxygen atoms in total. The molecule has 1 aliphatic carbocycles. The second-order valence-electron chi connectivity index (χ2n) is 14.3. The van der Waals surface area contributed by atoms with Crippen LogP contribution in [0, 0.1) is 25.7 Å². The Labute approximate surface area is 319 Å². The van der Waals surface area contributed by atoms with Crippen LogP contribution in [-0.4, -0.2) is 51.8 Å². The van der Waals surface area contributed by atoms with Crippen molar-refractivity contribution in [2.75, 3.05) is 33.1 Å². The zero-order valence-electron chi connectivity index (χ0n) is 32.0. The molecule has 1 aromatic heterocycles. The van der Waals surface area contributed by atoms with Gasteiger partial charge in [0.15, 0.2) is 0 Å². The maximum absolute atomic E-state index is 14.4. The van der Waals surface area contributed by atoms with Gasteiger partial charge in [0.25, 0.3) is 0 Å². The van der Waals surface area contributed by atoms with Gasteiger partial charge in [-0.05, 0) is 105 Å². The van der Waals surface area contributed by atoms with Crippen molar-refractivity contribution < 1.29 is 22.9 Å². The third-order valence-electron chi connectivity index (χ3n) is 9.93. The van der Waals surface area contributed by atoms with E-state index in [2.05, 4.69) is 11.8 Å². The van der Waals surface area contributed by atoms with E-state index in [1.54, 1.807) is 25.1 Å². The van der Waals surface area contributed by atoms with Crippen molar-refractivity contribution in [1.29, 1.82) is 0 Å². The summed E-state index contributed by atoms with van der Waals surface area (Å²) < 4.78 is 38.4. The fourth-order valence-electron chi connectivity index (χ4n) is 7.29. The molecule has 0 saturated carbocycles. The lowest BCUT2D eigenvalue weighted by Gasteiger charge is -2.20. The minimum Gasteiger partial charge on any atom is -0.545 e. The van der Waals surface area contributed by atoms with Crippen molar-refractivity contribution in [2.45, 2.75) is 27.7 Å². The minimum atomic E-state index is -2.72. The van der Waals surface area contributed by atoms with Gasteiger partial charge in [-0.2, -0.15) is 0 Å². The van der Waals surface area contributed by atoms with Gasteiger partial charge in [0.1, 0.15) is 25.4 Å². The fraction of sp³-hybridized carbons (Fsp3) is 0.178. The zero-order valence-corrected chi connectivity index (χ0v) is 32.0. The van der Waals surface area contributed by atoms with Crippen LogP contribution in [0.2, 0.25) is 0 Å². The van der Waals surface area contributed by atoms with Gasteiger partial charge in [-0.3, -0.25) is 13.6 Å². The number of carboxylic acid groups (broad SMARTS) is 1. The minimum absolute atomic E-state index is 0.0332. The summed E-state index contributed by atoms with van der Waals surface area (Å²) in [4.78, 5) is 19.3.